The number of allylic oxidation sites excluding steroid dienone is 3. The largest absolute Gasteiger partial charge is 0.443 e. The van der Waals surface area contributed by atoms with Crippen molar-refractivity contribution in [2.24, 2.45) is 5.73 Å². The summed E-state index contributed by atoms with van der Waals surface area (Å²) in [5.74, 6) is 0. The molecule has 0 fully saturated rings. The highest BCUT2D eigenvalue weighted by Gasteiger charge is 2.37. The molecule has 0 spiro atoms. The van der Waals surface area contributed by atoms with Crippen molar-refractivity contribution in [3.8, 4) is 0 Å². The van der Waals surface area contributed by atoms with E-state index in [-0.39, 0.29) is 23.7 Å². The Hall–Kier alpha value is -2.53. The van der Waals surface area contributed by atoms with Gasteiger partial charge in [0.25, 0.3) is 0 Å². The second-order valence-corrected chi connectivity index (χ2v) is 9.74. The average Bonchev–Trinajstić information content (AvgIpc) is 3.00. The fourth-order valence-corrected chi connectivity index (χ4v) is 3.51. The van der Waals surface area contributed by atoms with E-state index in [1.54, 1.807) is 53.8 Å². The van der Waals surface area contributed by atoms with Gasteiger partial charge in [0.2, 0.25) is 0 Å². The molecule has 40 heavy (non-hydrogen) atoms. The first kappa shape index (κ1) is 39.6. The summed E-state index contributed by atoms with van der Waals surface area (Å²) in [5, 5.41) is 3.16. The molecule has 0 bridgehead atoms. The third kappa shape index (κ3) is 15.9. The highest BCUT2D eigenvalue weighted by molar-refractivity contribution is 5.89. The van der Waals surface area contributed by atoms with Crippen LogP contribution >= 0.6 is 0 Å². The fraction of sp³-hybridized carbons (Fsp3) is 0.621. The molecular weight excluding hydrogens is 536 g/mol. The number of aryl methyl sites for hydroxylation is 1. The summed E-state index contributed by atoms with van der Waals surface area (Å²) < 4.78 is 79.6. The highest BCUT2D eigenvalue weighted by atomic mass is 19.4. The van der Waals surface area contributed by atoms with E-state index in [0.29, 0.717) is 18.5 Å². The van der Waals surface area contributed by atoms with Gasteiger partial charge in [-0.2, -0.15) is 26.3 Å². The van der Waals surface area contributed by atoms with Crippen LogP contribution in [0.25, 0.3) is 0 Å². The maximum atomic E-state index is 13.5. The third-order valence-electron chi connectivity index (χ3n) is 5.03. The molecule has 0 radical (unpaired) electrons. The van der Waals surface area contributed by atoms with Gasteiger partial charge >= 0.3 is 18.4 Å². The maximum Gasteiger partial charge on any atom is 0.416 e. The van der Waals surface area contributed by atoms with E-state index in [1.807, 2.05) is 13.8 Å². The molecular formula is C29H47F6N3O2. The van der Waals surface area contributed by atoms with Crippen molar-refractivity contribution in [2.45, 2.75) is 98.1 Å². The number of halogens is 6. The molecule has 0 aromatic heterocycles. The van der Waals surface area contributed by atoms with Crippen molar-refractivity contribution >= 4 is 11.8 Å². The molecule has 11 heteroatoms. The number of amides is 1. The molecule has 1 aliphatic heterocycles. The van der Waals surface area contributed by atoms with E-state index in [0.717, 1.165) is 25.1 Å². The molecule has 0 aliphatic carbocycles. The predicted molar refractivity (Wildman–Crippen MR) is 152 cm³/mol. The van der Waals surface area contributed by atoms with Gasteiger partial charge in [-0.05, 0) is 84.7 Å². The Kier molecular flexibility index (Phi) is 18.6. The first-order valence-electron chi connectivity index (χ1n) is 13.2. The highest BCUT2D eigenvalue weighted by Crippen LogP contribution is 2.41. The number of nitrogens with two attached hydrogens (primary N) is 1. The predicted octanol–water partition coefficient (Wildman–Crippen LogP) is 8.74. The molecule has 1 aromatic rings. The summed E-state index contributed by atoms with van der Waals surface area (Å²) in [6.07, 6.45) is -4.05. The lowest BCUT2D eigenvalue weighted by molar-refractivity contribution is -0.138. The van der Waals surface area contributed by atoms with Gasteiger partial charge < -0.3 is 15.8 Å². The van der Waals surface area contributed by atoms with Crippen LogP contribution in [0.1, 0.15) is 90.5 Å². The Morgan fingerprint density at radius 3 is 2.02 bits per heavy atom. The molecule has 0 saturated heterocycles. The number of ether oxygens (including phenoxy) is 1. The molecule has 1 atom stereocenters. The number of nitrogens with zero attached hydrogens (tertiary/aromatic N) is 1. The maximum absolute atomic E-state index is 13.5. The Balaban J connectivity index is 0. The molecule has 2 rings (SSSR count). The van der Waals surface area contributed by atoms with Crippen LogP contribution in [-0.4, -0.2) is 38.0 Å². The van der Waals surface area contributed by atoms with Crippen molar-refractivity contribution in [3.63, 3.8) is 0 Å². The minimum absolute atomic E-state index is 0.106. The van der Waals surface area contributed by atoms with Crippen LogP contribution in [0.2, 0.25) is 0 Å². The van der Waals surface area contributed by atoms with Gasteiger partial charge in [-0.3, -0.25) is 4.90 Å². The van der Waals surface area contributed by atoms with Gasteiger partial charge in [-0.15, -0.1) is 6.58 Å². The van der Waals surface area contributed by atoms with E-state index in [1.165, 1.54) is 11.0 Å². The van der Waals surface area contributed by atoms with E-state index >= 15 is 0 Å². The second-order valence-electron chi connectivity index (χ2n) is 9.74. The molecule has 1 unspecified atom stereocenters. The minimum Gasteiger partial charge on any atom is -0.443 e. The van der Waals surface area contributed by atoms with Crippen LogP contribution in [0.4, 0.5) is 36.8 Å². The van der Waals surface area contributed by atoms with Gasteiger partial charge in [-0.1, -0.05) is 38.1 Å². The topological polar surface area (TPSA) is 67.6 Å². The van der Waals surface area contributed by atoms with Crippen molar-refractivity contribution < 1.29 is 35.9 Å². The zero-order valence-corrected chi connectivity index (χ0v) is 25.0. The summed E-state index contributed by atoms with van der Waals surface area (Å²) >= 11 is 0. The Bertz CT molecular complexity index is 907. The molecule has 1 aliphatic rings. The van der Waals surface area contributed by atoms with Crippen molar-refractivity contribution in [3.05, 3.63) is 53.6 Å². The van der Waals surface area contributed by atoms with Crippen LogP contribution in [0.3, 0.4) is 0 Å². The van der Waals surface area contributed by atoms with E-state index < -0.39 is 36.0 Å². The van der Waals surface area contributed by atoms with Crippen LogP contribution in [-0.2, 0) is 17.3 Å². The van der Waals surface area contributed by atoms with E-state index in [2.05, 4.69) is 11.9 Å². The minimum atomic E-state index is -4.47. The van der Waals surface area contributed by atoms with Gasteiger partial charge in [0.15, 0.2) is 0 Å². The molecule has 3 N–H and O–H groups in total. The summed E-state index contributed by atoms with van der Waals surface area (Å²) in [7, 11) is 1.78. The summed E-state index contributed by atoms with van der Waals surface area (Å²) in [5.41, 5.74) is 4.66. The van der Waals surface area contributed by atoms with Crippen molar-refractivity contribution in [2.75, 3.05) is 25.0 Å². The summed E-state index contributed by atoms with van der Waals surface area (Å²) in [6, 6.07) is 2.58. The molecule has 232 valence electrons. The molecule has 1 amide bonds. The number of hydrogen-bond acceptors (Lipinski definition) is 4. The zero-order chi connectivity index (χ0) is 31.7. The number of alkyl halides is 6. The Morgan fingerprint density at radius 2 is 1.68 bits per heavy atom. The van der Waals surface area contributed by atoms with E-state index in [4.69, 9.17) is 10.5 Å². The fourth-order valence-electron chi connectivity index (χ4n) is 3.51. The lowest BCUT2D eigenvalue weighted by Crippen LogP contribution is -2.37. The number of fused-ring (bicyclic) bond motifs is 1. The van der Waals surface area contributed by atoms with Crippen LogP contribution < -0.4 is 16.0 Å². The van der Waals surface area contributed by atoms with Gasteiger partial charge in [0.05, 0.1) is 17.7 Å². The van der Waals surface area contributed by atoms with Crippen molar-refractivity contribution in [1.29, 1.82) is 0 Å². The number of carbonyl (C=O) groups excluding carboxylic acids is 1. The Morgan fingerprint density at radius 1 is 1.15 bits per heavy atom. The number of hydrogen-bond donors (Lipinski definition) is 2. The summed E-state index contributed by atoms with van der Waals surface area (Å²) in [6.45, 7) is 16.7. The number of anilines is 1. The lowest BCUT2D eigenvalue weighted by Gasteiger charge is -2.29. The Labute approximate surface area is 235 Å². The van der Waals surface area contributed by atoms with Gasteiger partial charge in [0.1, 0.15) is 5.60 Å². The smallest absolute Gasteiger partial charge is 0.416 e. The quantitative estimate of drug-likeness (QED) is 0.276. The number of benzene rings is 1. The molecule has 1 heterocycles. The van der Waals surface area contributed by atoms with Crippen LogP contribution in [0.15, 0.2) is 36.9 Å². The molecule has 0 saturated carbocycles. The first-order chi connectivity index (χ1) is 18.4. The van der Waals surface area contributed by atoms with Gasteiger partial charge in [-0.25, -0.2) is 4.79 Å². The second kappa shape index (κ2) is 18.7. The normalized spacial score (nSPS) is 15.3. The molecule has 1 aromatic carbocycles. The standard InChI is InChI=1S/C19H27F3N2O2.C5H7F3.C3H6.C2H7N/c1-6-12-10-13-15(23-5)8-7-9-24(17(25)26-18(2,3)4)16(13)11-14(12)19(20,21)22;1-2-3-4-5(6,7)8;1-3-2;1-2-3/h10-11,15,23H,6-9H2,1-5H3;2-3H,4H2,1H3;3H,1H2,2H3;2-3H2,1H3/b;3-2+;;. The third-order valence-corrected chi connectivity index (χ3v) is 5.03. The summed E-state index contributed by atoms with van der Waals surface area (Å²) in [4.78, 5) is 14.0. The van der Waals surface area contributed by atoms with E-state index in [9.17, 15) is 31.1 Å². The molecule has 5 nitrogen and oxygen atoms in total. The average molecular weight is 584 g/mol. The van der Waals surface area contributed by atoms with Crippen molar-refractivity contribution in [1.82, 2.24) is 5.32 Å². The van der Waals surface area contributed by atoms with Gasteiger partial charge in [0, 0.05) is 12.6 Å². The van der Waals surface area contributed by atoms with Crippen LogP contribution in [0, 0.1) is 0 Å². The SMILES string of the molecule is C/C=C/CC(F)(F)F.C=CC.CCN.CCc1cc2c(cc1C(F)(F)F)N(C(=O)OC(C)(C)C)CCCC2NC. The number of rotatable bonds is 3. The number of carbonyl (C=O) groups is 1. The first-order valence-corrected chi connectivity index (χ1v) is 13.2. The van der Waals surface area contributed by atoms with Crippen LogP contribution in [0.5, 0.6) is 0 Å². The zero-order valence-electron chi connectivity index (χ0n) is 25.0. The monoisotopic (exact) mass is 583 g/mol. The number of nitrogens with one attached hydrogen (secondary N) is 1. The lowest BCUT2D eigenvalue weighted by atomic mass is 9.94.